The van der Waals surface area contributed by atoms with E-state index in [1.807, 2.05) is 12.1 Å². The highest BCUT2D eigenvalue weighted by Crippen LogP contribution is 2.49. The Labute approximate surface area is 241 Å². The Hall–Kier alpha value is -1.72. The van der Waals surface area contributed by atoms with Gasteiger partial charge in [0, 0.05) is 28.6 Å². The second-order valence-corrected chi connectivity index (χ2v) is 12.5. The monoisotopic (exact) mass is 742 g/mol. The number of phenols is 1. The Kier molecular flexibility index (Phi) is 8.02. The van der Waals surface area contributed by atoms with Crippen molar-refractivity contribution in [3.8, 4) is 28.2 Å². The molecule has 0 bridgehead atoms. The summed E-state index contributed by atoms with van der Waals surface area (Å²) in [5.74, 6) is 0.0287. The van der Waals surface area contributed by atoms with Crippen LogP contribution in [0.2, 0.25) is 0 Å². The molecule has 0 spiro atoms. The van der Waals surface area contributed by atoms with Crippen LogP contribution in [0.15, 0.2) is 63.5 Å². The lowest BCUT2D eigenvalue weighted by molar-refractivity contribution is 0.0935. The first-order valence-electron chi connectivity index (χ1n) is 11.0. The van der Waals surface area contributed by atoms with Gasteiger partial charge in [-0.1, -0.05) is 32.0 Å². The predicted octanol–water partition coefficient (Wildman–Crippen LogP) is 7.43. The number of phenolic OH excluding ortho intramolecular Hbond substituents is 1. The van der Waals surface area contributed by atoms with Gasteiger partial charge in [0.15, 0.2) is 11.3 Å². The summed E-state index contributed by atoms with van der Waals surface area (Å²) < 4.78 is 7.50. The summed E-state index contributed by atoms with van der Waals surface area (Å²) in [4.78, 5) is 26.1. The van der Waals surface area contributed by atoms with Crippen LogP contribution in [0.1, 0.15) is 30.6 Å². The zero-order valence-corrected chi connectivity index (χ0v) is 25.7. The summed E-state index contributed by atoms with van der Waals surface area (Å²) in [5, 5.41) is 14.2. The molecule has 4 rings (SSSR count). The number of carbonyl (C=O) groups excluding carboxylic acids is 1. The van der Waals surface area contributed by atoms with Crippen molar-refractivity contribution in [1.82, 2.24) is 5.32 Å². The van der Waals surface area contributed by atoms with E-state index in [0.717, 1.165) is 6.42 Å². The number of fused-ring (bicyclic) bond motifs is 2. The van der Waals surface area contributed by atoms with E-state index < -0.39 is 0 Å². The summed E-state index contributed by atoms with van der Waals surface area (Å²) in [6.07, 6.45) is 0.773. The van der Waals surface area contributed by atoms with Crippen LogP contribution in [0.3, 0.4) is 0 Å². The second-order valence-electron chi connectivity index (χ2n) is 9.18. The fourth-order valence-electron chi connectivity index (χ4n) is 4.08. The molecule has 0 aromatic heterocycles. The predicted molar refractivity (Wildman–Crippen MR) is 157 cm³/mol. The molecular formula is C26H22Br4N2O4. The van der Waals surface area contributed by atoms with Crippen LogP contribution in [0.4, 0.5) is 0 Å². The minimum absolute atomic E-state index is 0.0414. The van der Waals surface area contributed by atoms with Gasteiger partial charge in [-0.05, 0) is 106 Å². The number of hydrogen-bond donors (Lipinski definition) is 3. The topological polar surface area (TPSA) is 106 Å². The molecule has 0 radical (unpaired) electrons. The third kappa shape index (κ3) is 5.03. The van der Waals surface area contributed by atoms with Gasteiger partial charge < -0.3 is 20.6 Å². The molecule has 1 aliphatic carbocycles. The summed E-state index contributed by atoms with van der Waals surface area (Å²) in [7, 11) is 0. The molecule has 1 aliphatic heterocycles. The van der Waals surface area contributed by atoms with Crippen molar-refractivity contribution in [2.75, 3.05) is 13.1 Å². The number of aromatic hydroxyl groups is 1. The molecule has 2 aliphatic rings. The van der Waals surface area contributed by atoms with Crippen molar-refractivity contribution in [1.29, 1.82) is 0 Å². The fourth-order valence-corrected chi connectivity index (χ4v) is 6.48. The number of halogens is 4. The molecule has 0 saturated carbocycles. The molecule has 1 amide bonds. The number of carbonyl (C=O) groups is 1. The van der Waals surface area contributed by atoms with E-state index in [1.54, 1.807) is 24.3 Å². The minimum Gasteiger partial charge on any atom is -0.505 e. The Bertz CT molecular complexity index is 1530. The highest BCUT2D eigenvalue weighted by molar-refractivity contribution is 9.11. The summed E-state index contributed by atoms with van der Waals surface area (Å²) in [5.41, 5.74) is 8.05. The summed E-state index contributed by atoms with van der Waals surface area (Å²) >= 11 is 13.6. The van der Waals surface area contributed by atoms with Gasteiger partial charge in [-0.25, -0.2) is 0 Å². The first kappa shape index (κ1) is 27.3. The van der Waals surface area contributed by atoms with E-state index in [-0.39, 0.29) is 27.0 Å². The van der Waals surface area contributed by atoms with Crippen molar-refractivity contribution >= 4 is 80.6 Å². The highest BCUT2D eigenvalue weighted by atomic mass is 79.9. The van der Waals surface area contributed by atoms with Crippen LogP contribution in [-0.4, -0.2) is 24.1 Å². The number of rotatable bonds is 6. The van der Waals surface area contributed by atoms with E-state index in [9.17, 15) is 14.7 Å². The van der Waals surface area contributed by atoms with E-state index in [2.05, 4.69) is 82.9 Å². The van der Waals surface area contributed by atoms with Crippen molar-refractivity contribution < 1.29 is 14.3 Å². The number of nitrogens with two attached hydrogens (primary N) is 1. The lowest BCUT2D eigenvalue weighted by atomic mass is 9.88. The first-order valence-corrected chi connectivity index (χ1v) is 14.2. The zero-order chi connectivity index (χ0) is 26.4. The van der Waals surface area contributed by atoms with Crippen molar-refractivity contribution in [3.05, 3.63) is 70.1 Å². The van der Waals surface area contributed by atoms with Crippen LogP contribution < -0.4 is 16.5 Å². The van der Waals surface area contributed by atoms with Crippen LogP contribution in [-0.2, 0) is 0 Å². The molecule has 6 nitrogen and oxygen atoms in total. The van der Waals surface area contributed by atoms with Crippen molar-refractivity contribution in [2.45, 2.75) is 20.3 Å². The summed E-state index contributed by atoms with van der Waals surface area (Å²) in [6.45, 7) is 5.11. The van der Waals surface area contributed by atoms with Gasteiger partial charge in [0.05, 0.1) is 8.95 Å². The normalized spacial score (nSPS) is 11.9. The lowest BCUT2D eigenvalue weighted by Crippen LogP contribution is -2.35. The molecule has 0 saturated heterocycles. The van der Waals surface area contributed by atoms with Crippen LogP contribution in [0.5, 0.6) is 5.75 Å². The molecule has 188 valence electrons. The molecule has 36 heavy (non-hydrogen) atoms. The van der Waals surface area contributed by atoms with Crippen LogP contribution in [0, 0.1) is 5.41 Å². The Morgan fingerprint density at radius 1 is 1.06 bits per heavy atom. The zero-order valence-electron chi connectivity index (χ0n) is 19.3. The Morgan fingerprint density at radius 2 is 1.75 bits per heavy atom. The van der Waals surface area contributed by atoms with Gasteiger partial charge in [0.25, 0.3) is 5.91 Å². The van der Waals surface area contributed by atoms with Gasteiger partial charge in [0.1, 0.15) is 14.7 Å². The largest absolute Gasteiger partial charge is 0.505 e. The van der Waals surface area contributed by atoms with Gasteiger partial charge in [0.2, 0.25) is 5.43 Å². The molecule has 0 atom stereocenters. The molecule has 0 fully saturated rings. The smallest absolute Gasteiger partial charge is 0.251 e. The molecule has 1 heterocycles. The first-order chi connectivity index (χ1) is 17.0. The van der Waals surface area contributed by atoms with Crippen molar-refractivity contribution in [3.63, 3.8) is 0 Å². The SMILES string of the molecule is CC(C)(CCN)CNC(=O)c1ccccc1-c1c2cc(Br)c(=O)c(Br)c-2oc2c(Br)c(O)c(Br)cc12. The molecule has 2 aromatic rings. The molecule has 4 N–H and O–H groups in total. The van der Waals surface area contributed by atoms with Gasteiger partial charge in [-0.2, -0.15) is 0 Å². The fraction of sp³-hybridized carbons (Fsp3) is 0.231. The van der Waals surface area contributed by atoms with E-state index in [0.29, 0.717) is 65.5 Å². The standard InChI is InChI=1S/C26H22Br4N2O4/c1-26(2,7-8-31)11-32-25(35)13-6-4-3-5-12(13)18-14-9-16(27)21(33)19(29)23(14)36-24-15(18)10-17(28)22(34)20(24)30/h3-6,9-10,33H,7-8,11,31H2,1-2H3,(H,32,35). The maximum Gasteiger partial charge on any atom is 0.251 e. The maximum absolute atomic E-state index is 13.4. The van der Waals surface area contributed by atoms with Crippen LogP contribution in [0.25, 0.3) is 33.4 Å². The number of nitrogens with one attached hydrogen (secondary N) is 1. The lowest BCUT2D eigenvalue weighted by Gasteiger charge is -2.25. The highest BCUT2D eigenvalue weighted by Gasteiger charge is 2.28. The van der Waals surface area contributed by atoms with E-state index in [1.165, 1.54) is 0 Å². The average molecular weight is 746 g/mol. The molecule has 10 heteroatoms. The van der Waals surface area contributed by atoms with Gasteiger partial charge >= 0.3 is 0 Å². The number of benzene rings is 3. The Morgan fingerprint density at radius 3 is 2.44 bits per heavy atom. The maximum atomic E-state index is 13.4. The number of amides is 1. The average Bonchev–Trinajstić information content (AvgIpc) is 2.84. The van der Waals surface area contributed by atoms with Gasteiger partial charge in [-0.3, -0.25) is 9.59 Å². The molecular weight excluding hydrogens is 724 g/mol. The Balaban J connectivity index is 2.03. The molecule has 0 unspecified atom stereocenters. The van der Waals surface area contributed by atoms with Gasteiger partial charge in [-0.15, -0.1) is 0 Å². The van der Waals surface area contributed by atoms with Crippen LogP contribution >= 0.6 is 63.7 Å². The third-order valence-corrected chi connectivity index (χ3v) is 8.66. The summed E-state index contributed by atoms with van der Waals surface area (Å²) in [6, 6.07) is 10.7. The molecule has 2 aromatic carbocycles. The second kappa shape index (κ2) is 10.6. The third-order valence-electron chi connectivity index (χ3n) is 6.01. The number of hydrogen-bond acceptors (Lipinski definition) is 5. The van der Waals surface area contributed by atoms with Crippen molar-refractivity contribution in [2.24, 2.45) is 11.1 Å². The van der Waals surface area contributed by atoms with E-state index >= 15 is 0 Å². The quantitative estimate of drug-likeness (QED) is 0.178. The minimum atomic E-state index is -0.276. The van der Waals surface area contributed by atoms with E-state index in [4.69, 9.17) is 10.2 Å².